The molecule has 0 aliphatic rings. The van der Waals surface area contributed by atoms with Crippen molar-refractivity contribution >= 4 is 51.3 Å². The van der Waals surface area contributed by atoms with Gasteiger partial charge in [-0.3, -0.25) is 0 Å². The van der Waals surface area contributed by atoms with E-state index in [2.05, 4.69) is 27.9 Å². The van der Waals surface area contributed by atoms with Crippen LogP contribution in [0.15, 0.2) is 42.5 Å². The average Bonchev–Trinajstić information content (AvgIpc) is 2.22. The van der Waals surface area contributed by atoms with Crippen LogP contribution in [0.4, 0.5) is 17.1 Å². The smallest absolute Gasteiger partial charge is 0.0520 e. The van der Waals surface area contributed by atoms with Crippen molar-refractivity contribution < 1.29 is 0 Å². The number of nitrogens with one attached hydrogen (secondary N) is 1. The molecule has 0 aliphatic heterocycles. The van der Waals surface area contributed by atoms with E-state index < -0.39 is 0 Å². The lowest BCUT2D eigenvalue weighted by molar-refractivity contribution is 1.52. The highest BCUT2D eigenvalue weighted by Crippen LogP contribution is 2.26. The molecule has 2 nitrogen and oxygen atoms in total. The van der Waals surface area contributed by atoms with Crippen molar-refractivity contribution in [1.82, 2.24) is 0 Å². The predicted octanol–water partition coefficient (Wildman–Crippen LogP) is 4.27. The fourth-order valence-corrected chi connectivity index (χ4v) is 2.37. The number of rotatable bonds is 2. The van der Waals surface area contributed by atoms with E-state index in [0.29, 0.717) is 0 Å². The number of anilines is 3. The second-order valence-corrected chi connectivity index (χ2v) is 4.97. The van der Waals surface area contributed by atoms with Gasteiger partial charge in [-0.1, -0.05) is 17.7 Å². The van der Waals surface area contributed by atoms with Crippen LogP contribution in [-0.2, 0) is 0 Å². The maximum atomic E-state index is 5.89. The first kappa shape index (κ1) is 11.5. The van der Waals surface area contributed by atoms with Crippen molar-refractivity contribution in [1.29, 1.82) is 0 Å². The van der Waals surface area contributed by atoms with E-state index in [1.165, 1.54) is 0 Å². The Hall–Kier alpha value is -0.940. The van der Waals surface area contributed by atoms with Gasteiger partial charge in [0.25, 0.3) is 0 Å². The van der Waals surface area contributed by atoms with Gasteiger partial charge in [-0.15, -0.1) is 0 Å². The molecule has 82 valence electrons. The third kappa shape index (κ3) is 2.80. The number of nitrogens with two attached hydrogens (primary N) is 1. The van der Waals surface area contributed by atoms with Crippen LogP contribution in [-0.4, -0.2) is 0 Å². The van der Waals surface area contributed by atoms with Crippen molar-refractivity contribution in [3.05, 3.63) is 51.1 Å². The molecule has 0 bridgehead atoms. The average molecular weight is 345 g/mol. The summed E-state index contributed by atoms with van der Waals surface area (Å²) in [5.41, 5.74) is 8.45. The van der Waals surface area contributed by atoms with E-state index in [-0.39, 0.29) is 0 Å². The molecule has 4 heteroatoms. The van der Waals surface area contributed by atoms with Gasteiger partial charge in [0.15, 0.2) is 0 Å². The molecule has 16 heavy (non-hydrogen) atoms. The number of hydrogen-bond acceptors (Lipinski definition) is 2. The largest absolute Gasteiger partial charge is 0.399 e. The number of hydrogen-bond donors (Lipinski definition) is 2. The van der Waals surface area contributed by atoms with E-state index in [1.54, 1.807) is 0 Å². The Kier molecular flexibility index (Phi) is 3.56. The van der Waals surface area contributed by atoms with E-state index in [0.717, 1.165) is 25.7 Å². The number of halogens is 2. The second kappa shape index (κ2) is 4.93. The van der Waals surface area contributed by atoms with Crippen molar-refractivity contribution in [3.63, 3.8) is 0 Å². The van der Waals surface area contributed by atoms with Gasteiger partial charge in [0, 0.05) is 20.0 Å². The summed E-state index contributed by atoms with van der Waals surface area (Å²) in [6.45, 7) is 0. The summed E-state index contributed by atoms with van der Waals surface area (Å²) in [4.78, 5) is 0. The van der Waals surface area contributed by atoms with Crippen LogP contribution in [0.3, 0.4) is 0 Å². The first-order chi connectivity index (χ1) is 7.65. The Morgan fingerprint density at radius 1 is 1.12 bits per heavy atom. The summed E-state index contributed by atoms with van der Waals surface area (Å²) < 4.78 is 1.08. The van der Waals surface area contributed by atoms with Crippen molar-refractivity contribution in [3.8, 4) is 0 Å². The van der Waals surface area contributed by atoms with Gasteiger partial charge in [-0.25, -0.2) is 0 Å². The third-order valence-electron chi connectivity index (χ3n) is 2.10. The SMILES string of the molecule is Nc1cccc(Nc2ccc(Cl)cc2I)c1. The molecule has 3 N–H and O–H groups in total. The van der Waals surface area contributed by atoms with E-state index in [9.17, 15) is 0 Å². The maximum absolute atomic E-state index is 5.89. The van der Waals surface area contributed by atoms with E-state index in [4.69, 9.17) is 17.3 Å². The van der Waals surface area contributed by atoms with Gasteiger partial charge in [-0.2, -0.15) is 0 Å². The fraction of sp³-hybridized carbons (Fsp3) is 0. The van der Waals surface area contributed by atoms with E-state index in [1.807, 2.05) is 42.5 Å². The van der Waals surface area contributed by atoms with Gasteiger partial charge in [0.1, 0.15) is 0 Å². The highest BCUT2D eigenvalue weighted by Gasteiger charge is 2.01. The summed E-state index contributed by atoms with van der Waals surface area (Å²) in [6, 6.07) is 13.4. The topological polar surface area (TPSA) is 38.0 Å². The molecule has 0 fully saturated rings. The van der Waals surface area contributed by atoms with Crippen LogP contribution in [0.1, 0.15) is 0 Å². The minimum absolute atomic E-state index is 0.738. The minimum atomic E-state index is 0.738. The van der Waals surface area contributed by atoms with Gasteiger partial charge in [0.05, 0.1) is 5.69 Å². The monoisotopic (exact) mass is 344 g/mol. The highest BCUT2D eigenvalue weighted by atomic mass is 127. The summed E-state index contributed by atoms with van der Waals surface area (Å²) in [5.74, 6) is 0. The Bertz CT molecular complexity index is 514. The Morgan fingerprint density at radius 2 is 1.94 bits per heavy atom. The van der Waals surface area contributed by atoms with Crippen molar-refractivity contribution in [2.45, 2.75) is 0 Å². The molecule has 0 saturated carbocycles. The van der Waals surface area contributed by atoms with Gasteiger partial charge in [0.2, 0.25) is 0 Å². The van der Waals surface area contributed by atoms with Crippen LogP contribution in [0, 0.1) is 3.57 Å². The molecular formula is C12H10ClIN2. The molecule has 0 atom stereocenters. The standard InChI is InChI=1S/C12H10ClIN2/c13-8-4-5-12(11(14)6-8)16-10-3-1-2-9(15)7-10/h1-7,16H,15H2. The predicted molar refractivity (Wildman–Crippen MR) is 78.3 cm³/mol. The summed E-state index contributed by atoms with van der Waals surface area (Å²) in [7, 11) is 0. The fourth-order valence-electron chi connectivity index (χ4n) is 1.36. The molecule has 2 aromatic carbocycles. The van der Waals surface area contributed by atoms with Crippen LogP contribution in [0.25, 0.3) is 0 Å². The number of nitrogen functional groups attached to an aromatic ring is 1. The molecule has 2 aromatic rings. The normalized spacial score (nSPS) is 10.1. The number of benzene rings is 2. The van der Waals surface area contributed by atoms with Crippen LogP contribution in [0.5, 0.6) is 0 Å². The molecular weight excluding hydrogens is 335 g/mol. The van der Waals surface area contributed by atoms with Crippen LogP contribution in [0.2, 0.25) is 5.02 Å². The molecule has 0 heterocycles. The first-order valence-electron chi connectivity index (χ1n) is 4.73. The lowest BCUT2D eigenvalue weighted by Gasteiger charge is -2.09. The summed E-state index contributed by atoms with van der Waals surface area (Å²) in [5, 5.41) is 4.03. The zero-order valence-corrected chi connectivity index (χ0v) is 11.3. The zero-order chi connectivity index (χ0) is 11.5. The van der Waals surface area contributed by atoms with Gasteiger partial charge < -0.3 is 11.1 Å². The van der Waals surface area contributed by atoms with Crippen LogP contribution >= 0.6 is 34.2 Å². The molecule has 2 rings (SSSR count). The third-order valence-corrected chi connectivity index (χ3v) is 3.22. The molecule has 0 radical (unpaired) electrons. The molecule has 0 saturated heterocycles. The minimum Gasteiger partial charge on any atom is -0.399 e. The Balaban J connectivity index is 2.27. The highest BCUT2D eigenvalue weighted by molar-refractivity contribution is 14.1. The maximum Gasteiger partial charge on any atom is 0.0520 e. The lowest BCUT2D eigenvalue weighted by atomic mass is 10.2. The van der Waals surface area contributed by atoms with Crippen molar-refractivity contribution in [2.24, 2.45) is 0 Å². The molecule has 0 aliphatic carbocycles. The quantitative estimate of drug-likeness (QED) is 0.631. The van der Waals surface area contributed by atoms with Crippen LogP contribution < -0.4 is 11.1 Å². The summed E-state index contributed by atoms with van der Waals surface area (Å²) >= 11 is 8.14. The van der Waals surface area contributed by atoms with Gasteiger partial charge >= 0.3 is 0 Å². The molecule has 0 amide bonds. The molecule has 0 unspecified atom stereocenters. The Labute approximate surface area is 113 Å². The zero-order valence-electron chi connectivity index (χ0n) is 8.37. The van der Waals surface area contributed by atoms with Gasteiger partial charge in [-0.05, 0) is 59.0 Å². The lowest BCUT2D eigenvalue weighted by Crippen LogP contribution is -1.94. The van der Waals surface area contributed by atoms with Crippen molar-refractivity contribution in [2.75, 3.05) is 11.1 Å². The second-order valence-electron chi connectivity index (χ2n) is 3.37. The Morgan fingerprint density at radius 3 is 2.62 bits per heavy atom. The van der Waals surface area contributed by atoms with E-state index >= 15 is 0 Å². The summed E-state index contributed by atoms with van der Waals surface area (Å²) in [6.07, 6.45) is 0. The molecule has 0 aromatic heterocycles. The molecule has 0 spiro atoms. The first-order valence-corrected chi connectivity index (χ1v) is 6.18.